The summed E-state index contributed by atoms with van der Waals surface area (Å²) in [6.45, 7) is 9.48. The zero-order valence-electron chi connectivity index (χ0n) is 10.9. The predicted octanol–water partition coefficient (Wildman–Crippen LogP) is 0.842. The lowest BCUT2D eigenvalue weighted by Crippen LogP contribution is -2.39. The molecule has 0 aromatic heterocycles. The van der Waals surface area contributed by atoms with E-state index in [1.165, 1.54) is 0 Å². The number of fused-ring (bicyclic) bond motifs is 1. The summed E-state index contributed by atoms with van der Waals surface area (Å²) in [5, 5.41) is 3.42. The Balaban J connectivity index is 1.90. The van der Waals surface area contributed by atoms with Gasteiger partial charge in [0.15, 0.2) is 0 Å². The number of nitrogens with one attached hydrogen (secondary N) is 1. The molecule has 0 spiro atoms. The van der Waals surface area contributed by atoms with Crippen LogP contribution in [0.5, 0.6) is 0 Å². The molecule has 2 aliphatic rings. The second-order valence-corrected chi connectivity index (χ2v) is 5.78. The number of likely N-dealkylation sites (tertiary alicyclic amines) is 1. The molecule has 0 bridgehead atoms. The van der Waals surface area contributed by atoms with Gasteiger partial charge in [-0.3, -0.25) is 0 Å². The number of carbonyl (C=O) groups is 1. The lowest BCUT2D eigenvalue weighted by molar-refractivity contribution is 0.0272. The molecule has 1 amide bonds. The van der Waals surface area contributed by atoms with E-state index in [0.717, 1.165) is 32.8 Å². The van der Waals surface area contributed by atoms with Crippen molar-refractivity contribution in [2.75, 3.05) is 32.8 Å². The maximum absolute atomic E-state index is 11.9. The van der Waals surface area contributed by atoms with E-state index in [4.69, 9.17) is 9.47 Å². The van der Waals surface area contributed by atoms with Gasteiger partial charge in [-0.2, -0.15) is 0 Å². The molecule has 0 aromatic carbocycles. The number of hydrogen-bond donors (Lipinski definition) is 1. The molecular weight excluding hydrogens is 220 g/mol. The Morgan fingerprint density at radius 2 is 2.18 bits per heavy atom. The predicted molar refractivity (Wildman–Crippen MR) is 63.9 cm³/mol. The first-order chi connectivity index (χ1) is 7.96. The van der Waals surface area contributed by atoms with Crippen LogP contribution in [-0.2, 0) is 9.47 Å². The molecule has 98 valence electrons. The van der Waals surface area contributed by atoms with Crippen LogP contribution in [0.4, 0.5) is 4.79 Å². The van der Waals surface area contributed by atoms with E-state index >= 15 is 0 Å². The van der Waals surface area contributed by atoms with Gasteiger partial charge in [0.2, 0.25) is 0 Å². The van der Waals surface area contributed by atoms with Crippen molar-refractivity contribution in [3.05, 3.63) is 0 Å². The molecule has 0 aromatic rings. The number of rotatable bonds is 0. The summed E-state index contributed by atoms with van der Waals surface area (Å²) in [5.74, 6) is 0.394. The first-order valence-corrected chi connectivity index (χ1v) is 6.25. The molecule has 0 unspecified atom stereocenters. The SMILES string of the molecule is CC(C)(C)OC(=O)N1C[C@H]2COCCN[C@H]2C1. The molecule has 2 atom stereocenters. The summed E-state index contributed by atoms with van der Waals surface area (Å²) in [4.78, 5) is 13.7. The van der Waals surface area contributed by atoms with Gasteiger partial charge in [-0.25, -0.2) is 4.79 Å². The lowest BCUT2D eigenvalue weighted by atomic mass is 10.1. The fourth-order valence-corrected chi connectivity index (χ4v) is 2.30. The molecule has 2 heterocycles. The second kappa shape index (κ2) is 4.82. The van der Waals surface area contributed by atoms with Crippen LogP contribution in [0, 0.1) is 5.92 Å². The van der Waals surface area contributed by atoms with Crippen molar-refractivity contribution in [3.8, 4) is 0 Å². The Hall–Kier alpha value is -0.810. The highest BCUT2D eigenvalue weighted by Gasteiger charge is 2.37. The Kier molecular flexibility index (Phi) is 3.58. The molecule has 2 rings (SSSR count). The number of nitrogens with zero attached hydrogens (tertiary/aromatic N) is 1. The van der Waals surface area contributed by atoms with Gasteiger partial charge in [-0.15, -0.1) is 0 Å². The van der Waals surface area contributed by atoms with Gasteiger partial charge in [0, 0.05) is 31.6 Å². The first kappa shape index (κ1) is 12.6. The van der Waals surface area contributed by atoms with E-state index < -0.39 is 5.60 Å². The summed E-state index contributed by atoms with van der Waals surface area (Å²) in [6.07, 6.45) is -0.215. The Morgan fingerprint density at radius 1 is 1.41 bits per heavy atom. The van der Waals surface area contributed by atoms with Crippen LogP contribution >= 0.6 is 0 Å². The quantitative estimate of drug-likeness (QED) is 0.684. The average Bonchev–Trinajstić information content (AvgIpc) is 2.48. The van der Waals surface area contributed by atoms with E-state index in [2.05, 4.69) is 5.32 Å². The highest BCUT2D eigenvalue weighted by atomic mass is 16.6. The number of amides is 1. The molecule has 0 radical (unpaired) electrons. The summed E-state index contributed by atoms with van der Waals surface area (Å²) in [6, 6.07) is 0.352. The third-order valence-electron chi connectivity index (χ3n) is 3.08. The molecule has 2 saturated heterocycles. The van der Waals surface area contributed by atoms with Gasteiger partial charge in [-0.05, 0) is 20.8 Å². The summed E-state index contributed by atoms with van der Waals surface area (Å²) < 4.78 is 10.9. The maximum atomic E-state index is 11.9. The van der Waals surface area contributed by atoms with Crippen LogP contribution in [0.15, 0.2) is 0 Å². The highest BCUT2D eigenvalue weighted by molar-refractivity contribution is 5.68. The number of carbonyl (C=O) groups excluding carboxylic acids is 1. The van der Waals surface area contributed by atoms with E-state index in [1.54, 1.807) is 4.90 Å². The van der Waals surface area contributed by atoms with Crippen LogP contribution in [0.25, 0.3) is 0 Å². The smallest absolute Gasteiger partial charge is 0.410 e. The number of hydrogen-bond acceptors (Lipinski definition) is 4. The van der Waals surface area contributed by atoms with E-state index in [0.29, 0.717) is 12.0 Å². The summed E-state index contributed by atoms with van der Waals surface area (Å²) in [5.41, 5.74) is -0.425. The van der Waals surface area contributed by atoms with Gasteiger partial charge >= 0.3 is 6.09 Å². The zero-order valence-corrected chi connectivity index (χ0v) is 10.9. The van der Waals surface area contributed by atoms with Crippen molar-refractivity contribution in [1.29, 1.82) is 0 Å². The molecule has 5 nitrogen and oxygen atoms in total. The largest absolute Gasteiger partial charge is 0.444 e. The summed E-state index contributed by atoms with van der Waals surface area (Å²) >= 11 is 0. The van der Waals surface area contributed by atoms with Crippen LogP contribution < -0.4 is 5.32 Å². The molecule has 5 heteroatoms. The van der Waals surface area contributed by atoms with Crippen molar-refractivity contribution in [2.45, 2.75) is 32.4 Å². The normalized spacial score (nSPS) is 29.7. The molecule has 2 fully saturated rings. The fraction of sp³-hybridized carbons (Fsp3) is 0.917. The first-order valence-electron chi connectivity index (χ1n) is 6.25. The van der Waals surface area contributed by atoms with Crippen LogP contribution in [-0.4, -0.2) is 55.5 Å². The summed E-state index contributed by atoms with van der Waals surface area (Å²) in [7, 11) is 0. The molecule has 2 aliphatic heterocycles. The maximum Gasteiger partial charge on any atom is 0.410 e. The molecule has 0 saturated carbocycles. The monoisotopic (exact) mass is 242 g/mol. The minimum absolute atomic E-state index is 0.215. The fourth-order valence-electron chi connectivity index (χ4n) is 2.30. The van der Waals surface area contributed by atoms with Crippen LogP contribution in [0.1, 0.15) is 20.8 Å². The second-order valence-electron chi connectivity index (χ2n) is 5.78. The molecule has 1 N–H and O–H groups in total. The van der Waals surface area contributed by atoms with E-state index in [-0.39, 0.29) is 6.09 Å². The topological polar surface area (TPSA) is 50.8 Å². The van der Waals surface area contributed by atoms with Gasteiger partial charge in [0.05, 0.1) is 13.2 Å². The Bertz CT molecular complexity index is 274. The van der Waals surface area contributed by atoms with E-state index in [1.807, 2.05) is 20.8 Å². The van der Waals surface area contributed by atoms with E-state index in [9.17, 15) is 4.79 Å². The lowest BCUT2D eigenvalue weighted by Gasteiger charge is -2.24. The van der Waals surface area contributed by atoms with Crippen LogP contribution in [0.3, 0.4) is 0 Å². The third-order valence-corrected chi connectivity index (χ3v) is 3.08. The molecule has 17 heavy (non-hydrogen) atoms. The highest BCUT2D eigenvalue weighted by Crippen LogP contribution is 2.21. The van der Waals surface area contributed by atoms with Gasteiger partial charge in [0.25, 0.3) is 0 Å². The minimum Gasteiger partial charge on any atom is -0.444 e. The van der Waals surface area contributed by atoms with Gasteiger partial charge in [0.1, 0.15) is 5.60 Å². The number of ether oxygens (including phenoxy) is 2. The zero-order chi connectivity index (χ0) is 12.5. The van der Waals surface area contributed by atoms with Crippen molar-refractivity contribution in [1.82, 2.24) is 10.2 Å². The third kappa shape index (κ3) is 3.33. The van der Waals surface area contributed by atoms with Gasteiger partial charge in [-0.1, -0.05) is 0 Å². The standard InChI is InChI=1S/C12H22N2O3/c1-12(2,3)17-11(15)14-6-9-8-16-5-4-13-10(9)7-14/h9-10,13H,4-8H2,1-3H3/t9-,10-/m0/s1. The average molecular weight is 242 g/mol. The Labute approximate surface area is 102 Å². The van der Waals surface area contributed by atoms with Crippen molar-refractivity contribution < 1.29 is 14.3 Å². The van der Waals surface area contributed by atoms with Crippen molar-refractivity contribution >= 4 is 6.09 Å². The van der Waals surface area contributed by atoms with Gasteiger partial charge < -0.3 is 19.7 Å². The van der Waals surface area contributed by atoms with Crippen molar-refractivity contribution in [2.24, 2.45) is 5.92 Å². The molecule has 0 aliphatic carbocycles. The van der Waals surface area contributed by atoms with Crippen LogP contribution in [0.2, 0.25) is 0 Å². The van der Waals surface area contributed by atoms with Crippen molar-refractivity contribution in [3.63, 3.8) is 0 Å². The molecular formula is C12H22N2O3. The Morgan fingerprint density at radius 3 is 2.88 bits per heavy atom. The minimum atomic E-state index is -0.425.